The van der Waals surface area contributed by atoms with Gasteiger partial charge in [-0.3, -0.25) is 15.0 Å². The molecule has 12 heteroatoms. The van der Waals surface area contributed by atoms with Gasteiger partial charge in [-0.1, -0.05) is 375 Å². The van der Waals surface area contributed by atoms with Gasteiger partial charge < -0.3 is 0 Å². The lowest BCUT2D eigenvalue weighted by Crippen LogP contribution is -2.17. The molecule has 0 amide bonds. The molecule has 138 heavy (non-hydrogen) atoms. The van der Waals surface area contributed by atoms with E-state index in [2.05, 4.69) is 408 Å². The predicted molar refractivity (Wildman–Crippen MR) is 576 cm³/mol. The van der Waals surface area contributed by atoms with Gasteiger partial charge in [-0.05, 0) is 127 Å². The third-order valence-electron chi connectivity index (χ3n) is 28.2. The maximum absolute atomic E-state index is 5.35. The fourth-order valence-corrected chi connectivity index (χ4v) is 25.0. The van der Waals surface area contributed by atoms with Crippen molar-refractivity contribution < 1.29 is 0 Å². The second-order valence-electron chi connectivity index (χ2n) is 37.4. The summed E-state index contributed by atoms with van der Waals surface area (Å²) in [6, 6.07) is 138. The van der Waals surface area contributed by atoms with Crippen LogP contribution in [0.15, 0.2) is 419 Å². The second-order valence-corrected chi connectivity index (χ2v) is 40.5. The van der Waals surface area contributed by atoms with Crippen LogP contribution >= 0.6 is 34.0 Å². The van der Waals surface area contributed by atoms with Gasteiger partial charge in [-0.25, -0.2) is 29.9 Å². The summed E-state index contributed by atoms with van der Waals surface area (Å²) in [4.78, 5) is 44.8. The summed E-state index contributed by atoms with van der Waals surface area (Å²) in [6.07, 6.45) is 9.17. The van der Waals surface area contributed by atoms with Crippen LogP contribution in [0.3, 0.4) is 0 Å². The van der Waals surface area contributed by atoms with Crippen molar-refractivity contribution in [3.05, 3.63) is 453 Å². The molecule has 9 heterocycles. The van der Waals surface area contributed by atoms with Crippen molar-refractivity contribution in [3.8, 4) is 169 Å². The number of nitrogens with zero attached hydrogens (tertiary/aromatic N) is 9. The predicted octanol–water partition coefficient (Wildman–Crippen LogP) is 33.6. The van der Waals surface area contributed by atoms with E-state index in [1.165, 1.54) is 144 Å². The molecule has 0 atom stereocenters. The van der Waals surface area contributed by atoms with Crippen LogP contribution in [0.1, 0.15) is 74.9 Å². The zero-order valence-electron chi connectivity index (χ0n) is 76.6. The van der Waals surface area contributed by atoms with E-state index >= 15 is 0 Å². The van der Waals surface area contributed by atoms with E-state index in [-0.39, 0.29) is 16.2 Å². The molecule has 0 N–H and O–H groups in total. The minimum Gasteiger partial charge on any atom is -0.265 e. The molecule has 27 rings (SSSR count). The van der Waals surface area contributed by atoms with Gasteiger partial charge in [0.25, 0.3) is 0 Å². The Balaban J connectivity index is 0.000000110. The average molecular weight is 1820 g/mol. The molecule has 0 saturated carbocycles. The molecule has 3 aliphatic rings. The van der Waals surface area contributed by atoms with E-state index in [0.717, 1.165) is 119 Å². The topological polar surface area (TPSA) is 116 Å². The van der Waals surface area contributed by atoms with E-state index in [4.69, 9.17) is 29.9 Å². The van der Waals surface area contributed by atoms with Gasteiger partial charge in [0.2, 0.25) is 0 Å². The lowest BCUT2D eigenvalue weighted by molar-refractivity contribution is 0.657. The molecule has 0 fully saturated rings. The normalized spacial score (nSPS) is 13.2. The summed E-state index contributed by atoms with van der Waals surface area (Å²) in [5.74, 6) is 2.19. The molecule has 9 nitrogen and oxygen atoms in total. The zero-order valence-corrected chi connectivity index (χ0v) is 79.0. The molecule has 0 aliphatic heterocycles. The molecule has 0 saturated heterocycles. The van der Waals surface area contributed by atoms with E-state index in [1.807, 2.05) is 95.2 Å². The number of pyridine rings is 3. The summed E-state index contributed by atoms with van der Waals surface area (Å²) in [5.41, 5.74) is 36.4. The first-order valence-electron chi connectivity index (χ1n) is 46.8. The van der Waals surface area contributed by atoms with Crippen molar-refractivity contribution in [1.29, 1.82) is 0 Å². The smallest absolute Gasteiger partial charge is 0.160 e. The molecule has 0 radical (unpaired) electrons. The highest BCUT2D eigenvalue weighted by Crippen LogP contribution is 2.57. The van der Waals surface area contributed by atoms with Crippen LogP contribution in [0.4, 0.5) is 0 Å². The van der Waals surface area contributed by atoms with Crippen molar-refractivity contribution in [2.24, 2.45) is 0 Å². The molecule has 3 aliphatic carbocycles. The molecular formula is C126H87N9S3. The van der Waals surface area contributed by atoms with Crippen LogP contribution in [-0.2, 0) is 16.2 Å². The fourth-order valence-electron chi connectivity index (χ4n) is 21.3. The largest absolute Gasteiger partial charge is 0.265 e. The first kappa shape index (κ1) is 83.5. The second kappa shape index (κ2) is 33.6. The summed E-state index contributed by atoms with van der Waals surface area (Å²) < 4.78 is 7.94. The van der Waals surface area contributed by atoms with Crippen LogP contribution in [0.25, 0.3) is 229 Å². The Morgan fingerprint density at radius 3 is 0.891 bits per heavy atom. The van der Waals surface area contributed by atoms with E-state index in [0.29, 0.717) is 0 Å². The third kappa shape index (κ3) is 14.3. The number of benzene rings is 15. The lowest BCUT2D eigenvalue weighted by atomic mass is 9.80. The summed E-state index contributed by atoms with van der Waals surface area (Å²) in [5, 5.41) is 7.90. The Labute approximate surface area is 812 Å². The Kier molecular flexibility index (Phi) is 20.3. The zero-order chi connectivity index (χ0) is 92.5. The molecule has 0 unspecified atom stereocenters. The highest BCUT2D eigenvalue weighted by Gasteiger charge is 2.44. The van der Waals surface area contributed by atoms with Gasteiger partial charge in [0.1, 0.15) is 0 Å². The standard InChI is InChI=1S/3C42H29N3S/c1-42(2)35-14-5-3-11-34(35)39-37(42)38(44-41(45-39)29-22-16-26(17-23-29)30-9-8-24-43-25-30)28-20-18-27(19-21-28)31-12-7-13-33-32-10-4-6-15-36(32)46-40(31)33;1-42(2)34-17-5-3-14-33(34)39-37(42)38(44-41(45-39)29-12-9-11-28(25-29)35-18-7-8-24-43-35)27-22-20-26(21-23-27)30-15-10-16-32-31-13-4-6-19-36(31)46-40(30)32;1-42(2)35-12-5-3-9-34(35)39-37(42)38(44-41(45-39)30-20-14-26(15-21-30)27-22-24-43-25-23-27)29-18-16-28(17-19-29)31-10-7-11-33-32-8-4-6-13-36(32)46-40(31)33/h3*3-25H,1-2H3. The Morgan fingerprint density at radius 2 is 0.500 bits per heavy atom. The minimum absolute atomic E-state index is 0.230. The Morgan fingerprint density at radius 1 is 0.196 bits per heavy atom. The van der Waals surface area contributed by atoms with Gasteiger partial charge >= 0.3 is 0 Å². The van der Waals surface area contributed by atoms with Gasteiger partial charge in [0.05, 0.1) is 39.9 Å². The number of thiophene rings is 3. The maximum atomic E-state index is 5.35. The van der Waals surface area contributed by atoms with Gasteiger partial charge in [0, 0.05) is 180 Å². The summed E-state index contributed by atoms with van der Waals surface area (Å²) >= 11 is 5.60. The molecular weight excluding hydrogens is 1740 g/mol. The molecule has 654 valence electrons. The maximum Gasteiger partial charge on any atom is 0.160 e. The number of hydrogen-bond donors (Lipinski definition) is 0. The summed E-state index contributed by atoms with van der Waals surface area (Å²) in [7, 11) is 0. The van der Waals surface area contributed by atoms with Gasteiger partial charge in [-0.15, -0.1) is 34.0 Å². The number of aromatic nitrogens is 9. The molecule has 24 aromatic rings. The van der Waals surface area contributed by atoms with Gasteiger partial charge in [-0.2, -0.15) is 0 Å². The van der Waals surface area contributed by atoms with Crippen molar-refractivity contribution in [1.82, 2.24) is 44.9 Å². The van der Waals surface area contributed by atoms with Crippen LogP contribution in [0.2, 0.25) is 0 Å². The molecule has 9 aromatic heterocycles. The first-order valence-corrected chi connectivity index (χ1v) is 49.3. The minimum atomic E-state index is -0.239. The monoisotopic (exact) mass is 1820 g/mol. The lowest BCUT2D eigenvalue weighted by Gasteiger charge is -2.24. The quantitative estimate of drug-likeness (QED) is 0.118. The first-order chi connectivity index (χ1) is 67.7. The van der Waals surface area contributed by atoms with Gasteiger partial charge in [0.15, 0.2) is 17.5 Å². The average Bonchev–Trinajstić information content (AvgIpc) is 1.57. The van der Waals surface area contributed by atoms with Crippen LogP contribution in [0, 0.1) is 0 Å². The van der Waals surface area contributed by atoms with E-state index in [9.17, 15) is 0 Å². The van der Waals surface area contributed by atoms with Crippen molar-refractivity contribution in [3.63, 3.8) is 0 Å². The highest BCUT2D eigenvalue weighted by molar-refractivity contribution is 7.27. The Hall–Kier alpha value is -16.4. The van der Waals surface area contributed by atoms with Crippen LogP contribution in [-0.4, -0.2) is 44.9 Å². The molecule has 0 spiro atoms. The van der Waals surface area contributed by atoms with Crippen LogP contribution < -0.4 is 0 Å². The van der Waals surface area contributed by atoms with E-state index in [1.54, 1.807) is 6.20 Å². The number of rotatable bonds is 12. The van der Waals surface area contributed by atoms with Crippen molar-refractivity contribution in [2.75, 3.05) is 0 Å². The SMILES string of the molecule is CC1(C)c2ccccc2-c2nc(-c3ccc(-c4cccnc4)cc3)nc(-c3ccc(-c4cccc5c4sc4ccccc45)cc3)c21.CC1(C)c2ccccc2-c2nc(-c3ccc(-c4ccncc4)cc3)nc(-c3ccc(-c4cccc5c4sc4ccccc45)cc3)c21.CC1(C)c2ccccc2-c2nc(-c3cccc(-c4ccccn4)c3)nc(-c3ccc(-c4cccc5c4sc4ccccc45)cc3)c21. The number of hydrogen-bond acceptors (Lipinski definition) is 12. The third-order valence-corrected chi connectivity index (χ3v) is 31.8. The van der Waals surface area contributed by atoms with Crippen molar-refractivity contribution >= 4 is 94.5 Å². The highest BCUT2D eigenvalue weighted by atomic mass is 32.1. The Bertz CT molecular complexity index is 8590. The van der Waals surface area contributed by atoms with Crippen molar-refractivity contribution in [2.45, 2.75) is 57.8 Å². The van der Waals surface area contributed by atoms with E-state index < -0.39 is 0 Å². The fraction of sp³-hybridized carbons (Fsp3) is 0.0714. The molecule has 0 bridgehead atoms. The van der Waals surface area contributed by atoms with Crippen LogP contribution in [0.5, 0.6) is 0 Å². The summed E-state index contributed by atoms with van der Waals surface area (Å²) in [6.45, 7) is 13.8. The molecule has 15 aromatic carbocycles. The number of fused-ring (bicyclic) bond motifs is 18.